The van der Waals surface area contributed by atoms with Crippen LogP contribution in [0.3, 0.4) is 0 Å². The molecule has 0 aliphatic rings. The number of nitrogens with zero attached hydrogens (tertiary/aromatic N) is 1. The maximum atomic E-state index is 14.4. The number of carbonyl (C=O) groups excluding carboxylic acids is 1. The van der Waals surface area contributed by atoms with Crippen LogP contribution in [0.15, 0.2) is 12.1 Å². The van der Waals surface area contributed by atoms with Gasteiger partial charge in [0.15, 0.2) is 0 Å². The predicted octanol–water partition coefficient (Wildman–Crippen LogP) is 3.74. The second-order valence-electron chi connectivity index (χ2n) is 6.13. The summed E-state index contributed by atoms with van der Waals surface area (Å²) in [5.74, 6) is -0.160. The molecule has 1 aromatic heterocycles. The molecule has 0 aliphatic carbocycles. The molecular formula is C18H22FNO3. The van der Waals surface area contributed by atoms with Crippen LogP contribution in [0, 0.1) is 25.6 Å². The summed E-state index contributed by atoms with van der Waals surface area (Å²) in [7, 11) is 1.42. The predicted molar refractivity (Wildman–Crippen MR) is 87.2 cm³/mol. The summed E-state index contributed by atoms with van der Waals surface area (Å²) < 4.78 is 24.7. The molecule has 124 valence electrons. The highest BCUT2D eigenvalue weighted by Gasteiger charge is 2.18. The molecule has 2 aromatic rings. The Labute approximate surface area is 135 Å². The fourth-order valence-corrected chi connectivity index (χ4v) is 2.54. The van der Waals surface area contributed by atoms with E-state index in [4.69, 9.17) is 9.47 Å². The minimum absolute atomic E-state index is 0.156. The number of rotatable bonds is 5. The fraction of sp³-hybridized carbons (Fsp3) is 0.444. The molecule has 0 saturated carbocycles. The molecule has 0 aliphatic heterocycles. The molecule has 0 unspecified atom stereocenters. The van der Waals surface area contributed by atoms with Gasteiger partial charge in [0.05, 0.1) is 0 Å². The molecule has 0 spiro atoms. The third-order valence-electron chi connectivity index (χ3n) is 3.65. The third kappa shape index (κ3) is 3.85. The van der Waals surface area contributed by atoms with Crippen molar-refractivity contribution in [3.05, 3.63) is 34.8 Å². The smallest absolute Gasteiger partial charge is 0.337 e. The molecule has 0 fully saturated rings. The number of esters is 1. The molecule has 1 aromatic carbocycles. The van der Waals surface area contributed by atoms with E-state index < -0.39 is 11.8 Å². The van der Waals surface area contributed by atoms with E-state index >= 15 is 0 Å². The lowest BCUT2D eigenvalue weighted by molar-refractivity contribution is -0.138. The van der Waals surface area contributed by atoms with E-state index in [0.717, 1.165) is 17.5 Å². The van der Waals surface area contributed by atoms with Crippen molar-refractivity contribution in [1.29, 1.82) is 0 Å². The summed E-state index contributed by atoms with van der Waals surface area (Å²) in [6, 6.07) is 3.36. The number of halogens is 1. The monoisotopic (exact) mass is 319 g/mol. The summed E-state index contributed by atoms with van der Waals surface area (Å²) >= 11 is 0. The first kappa shape index (κ1) is 17.3. The molecule has 0 atom stereocenters. The number of hydrogen-bond donors (Lipinski definition) is 0. The Balaban J connectivity index is 2.63. The Morgan fingerprint density at radius 3 is 2.61 bits per heavy atom. The molecule has 1 heterocycles. The number of benzene rings is 1. The van der Waals surface area contributed by atoms with Crippen LogP contribution in [0.4, 0.5) is 4.39 Å². The van der Waals surface area contributed by atoms with Crippen molar-refractivity contribution in [2.24, 2.45) is 5.92 Å². The first-order valence-electron chi connectivity index (χ1n) is 7.62. The lowest BCUT2D eigenvalue weighted by Gasteiger charge is -2.14. The van der Waals surface area contributed by atoms with E-state index in [9.17, 15) is 9.18 Å². The average molecular weight is 319 g/mol. The SMILES string of the molecule is COCC(=O)Oc1c(C)c(C)nc2c(F)cc(CC(C)C)cc12. The van der Waals surface area contributed by atoms with Gasteiger partial charge in [0, 0.05) is 23.8 Å². The van der Waals surface area contributed by atoms with E-state index in [-0.39, 0.29) is 12.1 Å². The van der Waals surface area contributed by atoms with Crippen molar-refractivity contribution < 1.29 is 18.7 Å². The third-order valence-corrected chi connectivity index (χ3v) is 3.65. The number of fused-ring (bicyclic) bond motifs is 1. The first-order valence-corrected chi connectivity index (χ1v) is 7.62. The normalized spacial score (nSPS) is 11.3. The molecule has 23 heavy (non-hydrogen) atoms. The zero-order valence-electron chi connectivity index (χ0n) is 14.2. The second-order valence-corrected chi connectivity index (χ2v) is 6.13. The zero-order chi connectivity index (χ0) is 17.1. The number of pyridine rings is 1. The van der Waals surface area contributed by atoms with Crippen LogP contribution < -0.4 is 4.74 Å². The van der Waals surface area contributed by atoms with Crippen LogP contribution >= 0.6 is 0 Å². The topological polar surface area (TPSA) is 48.4 Å². The summed E-state index contributed by atoms with van der Waals surface area (Å²) in [5.41, 5.74) is 2.44. The highest BCUT2D eigenvalue weighted by Crippen LogP contribution is 2.33. The maximum absolute atomic E-state index is 14.4. The number of aryl methyl sites for hydroxylation is 1. The highest BCUT2D eigenvalue weighted by molar-refractivity contribution is 5.90. The van der Waals surface area contributed by atoms with E-state index in [1.54, 1.807) is 6.92 Å². The largest absolute Gasteiger partial charge is 0.424 e. The van der Waals surface area contributed by atoms with E-state index in [1.165, 1.54) is 13.2 Å². The van der Waals surface area contributed by atoms with Gasteiger partial charge in [0.1, 0.15) is 23.7 Å². The van der Waals surface area contributed by atoms with Gasteiger partial charge in [-0.2, -0.15) is 0 Å². The number of carbonyl (C=O) groups is 1. The van der Waals surface area contributed by atoms with Crippen molar-refractivity contribution in [2.45, 2.75) is 34.1 Å². The maximum Gasteiger partial charge on any atom is 0.337 e. The number of methoxy groups -OCH3 is 1. The van der Waals surface area contributed by atoms with Gasteiger partial charge in [0.25, 0.3) is 0 Å². The second kappa shape index (κ2) is 7.04. The Morgan fingerprint density at radius 2 is 2.00 bits per heavy atom. The van der Waals surface area contributed by atoms with Gasteiger partial charge in [-0.3, -0.25) is 0 Å². The molecule has 0 radical (unpaired) electrons. The van der Waals surface area contributed by atoms with Crippen molar-refractivity contribution >= 4 is 16.9 Å². The highest BCUT2D eigenvalue weighted by atomic mass is 19.1. The molecule has 4 nitrogen and oxygen atoms in total. The summed E-state index contributed by atoms with van der Waals surface area (Å²) in [4.78, 5) is 16.1. The fourth-order valence-electron chi connectivity index (χ4n) is 2.54. The Hall–Kier alpha value is -2.01. The van der Waals surface area contributed by atoms with Gasteiger partial charge in [-0.15, -0.1) is 0 Å². The summed E-state index contributed by atoms with van der Waals surface area (Å²) in [6.45, 7) is 7.56. The minimum atomic E-state index is -0.517. The van der Waals surface area contributed by atoms with Crippen molar-refractivity contribution in [3.8, 4) is 5.75 Å². The number of ether oxygens (including phenoxy) is 2. The van der Waals surface area contributed by atoms with Crippen LogP contribution in [0.2, 0.25) is 0 Å². The molecule has 0 amide bonds. The summed E-state index contributed by atoms with van der Waals surface area (Å²) in [5, 5.41) is 0.521. The first-order chi connectivity index (χ1) is 10.8. The van der Waals surface area contributed by atoms with Gasteiger partial charge in [0.2, 0.25) is 0 Å². The van der Waals surface area contributed by atoms with Crippen LogP contribution in [-0.2, 0) is 16.0 Å². The quantitative estimate of drug-likeness (QED) is 0.788. The van der Waals surface area contributed by atoms with Crippen LogP contribution in [0.1, 0.15) is 30.7 Å². The molecule has 2 rings (SSSR count). The lowest BCUT2D eigenvalue weighted by Crippen LogP contribution is -2.15. The van der Waals surface area contributed by atoms with E-state index in [0.29, 0.717) is 22.7 Å². The standard InChI is InChI=1S/C18H22FNO3/c1-10(2)6-13-7-14-17(15(19)8-13)20-12(4)11(3)18(14)23-16(21)9-22-5/h7-8,10H,6,9H2,1-5H3. The van der Waals surface area contributed by atoms with Gasteiger partial charge in [-0.05, 0) is 43.9 Å². The van der Waals surface area contributed by atoms with E-state index in [2.05, 4.69) is 18.8 Å². The molecular weight excluding hydrogens is 297 g/mol. The van der Waals surface area contributed by atoms with Crippen molar-refractivity contribution in [3.63, 3.8) is 0 Å². The Morgan fingerprint density at radius 1 is 1.30 bits per heavy atom. The van der Waals surface area contributed by atoms with Crippen LogP contribution in [0.5, 0.6) is 5.75 Å². The van der Waals surface area contributed by atoms with Gasteiger partial charge in [-0.25, -0.2) is 14.2 Å². The molecule has 5 heteroatoms. The van der Waals surface area contributed by atoms with Crippen LogP contribution in [0.25, 0.3) is 10.9 Å². The van der Waals surface area contributed by atoms with Crippen LogP contribution in [-0.4, -0.2) is 24.7 Å². The van der Waals surface area contributed by atoms with Crippen molar-refractivity contribution in [1.82, 2.24) is 4.98 Å². The number of hydrogen-bond acceptors (Lipinski definition) is 4. The minimum Gasteiger partial charge on any atom is -0.424 e. The Kier molecular flexibility index (Phi) is 5.31. The lowest BCUT2D eigenvalue weighted by atomic mass is 9.99. The van der Waals surface area contributed by atoms with E-state index in [1.807, 2.05) is 13.0 Å². The molecule has 0 N–H and O–H groups in total. The number of aromatic nitrogens is 1. The Bertz CT molecular complexity index is 741. The molecule has 0 bridgehead atoms. The molecule has 0 saturated heterocycles. The van der Waals surface area contributed by atoms with Crippen molar-refractivity contribution in [2.75, 3.05) is 13.7 Å². The van der Waals surface area contributed by atoms with Gasteiger partial charge >= 0.3 is 5.97 Å². The van der Waals surface area contributed by atoms with Gasteiger partial charge in [-0.1, -0.05) is 13.8 Å². The average Bonchev–Trinajstić information content (AvgIpc) is 2.45. The van der Waals surface area contributed by atoms with Gasteiger partial charge < -0.3 is 9.47 Å². The zero-order valence-corrected chi connectivity index (χ0v) is 14.2. The summed E-state index contributed by atoms with van der Waals surface area (Å²) in [6.07, 6.45) is 0.741.